The lowest BCUT2D eigenvalue weighted by atomic mass is 9.96. The van der Waals surface area contributed by atoms with Crippen LogP contribution in [-0.2, 0) is 16.0 Å². The highest BCUT2D eigenvalue weighted by Gasteiger charge is 2.48. The fourth-order valence-electron chi connectivity index (χ4n) is 4.42. The van der Waals surface area contributed by atoms with Gasteiger partial charge in [0.15, 0.2) is 0 Å². The number of hydrogen-bond acceptors (Lipinski definition) is 5. The second-order valence-electron chi connectivity index (χ2n) is 8.08. The molecular formula is C26H21ClN2O4. The second kappa shape index (κ2) is 8.37. The smallest absolute Gasteiger partial charge is 0.300 e. The molecule has 5 rings (SSSR count). The second-order valence-corrected chi connectivity index (χ2v) is 8.49. The van der Waals surface area contributed by atoms with Crippen LogP contribution in [0.3, 0.4) is 0 Å². The number of benzene rings is 2. The van der Waals surface area contributed by atoms with Crippen molar-refractivity contribution in [3.8, 4) is 5.75 Å². The molecule has 1 fully saturated rings. The molecule has 0 saturated carbocycles. The van der Waals surface area contributed by atoms with Crippen LogP contribution in [0.4, 0.5) is 5.69 Å². The fourth-order valence-corrected chi connectivity index (χ4v) is 4.59. The Morgan fingerprint density at radius 2 is 2.00 bits per heavy atom. The molecule has 33 heavy (non-hydrogen) atoms. The number of aliphatic hydroxyl groups excluding tert-OH is 1. The lowest BCUT2D eigenvalue weighted by molar-refractivity contribution is -0.132. The van der Waals surface area contributed by atoms with Crippen LogP contribution >= 0.6 is 11.6 Å². The van der Waals surface area contributed by atoms with Crippen LogP contribution in [0, 0.1) is 6.92 Å². The lowest BCUT2D eigenvalue weighted by Gasteiger charge is -2.26. The Bertz CT molecular complexity index is 1300. The van der Waals surface area contributed by atoms with E-state index in [9.17, 15) is 14.7 Å². The molecule has 2 aliphatic rings. The highest BCUT2D eigenvalue weighted by atomic mass is 35.5. The molecule has 1 saturated heterocycles. The van der Waals surface area contributed by atoms with E-state index >= 15 is 0 Å². The molecule has 7 heteroatoms. The Morgan fingerprint density at radius 1 is 1.15 bits per heavy atom. The van der Waals surface area contributed by atoms with Gasteiger partial charge in [-0.2, -0.15) is 0 Å². The van der Waals surface area contributed by atoms with Crippen LogP contribution in [0.15, 0.2) is 66.4 Å². The highest BCUT2D eigenvalue weighted by molar-refractivity contribution is 6.52. The van der Waals surface area contributed by atoms with Gasteiger partial charge in [-0.25, -0.2) is 0 Å². The molecule has 3 heterocycles. The summed E-state index contributed by atoms with van der Waals surface area (Å²) in [5.74, 6) is -0.969. The van der Waals surface area contributed by atoms with E-state index in [4.69, 9.17) is 16.3 Å². The van der Waals surface area contributed by atoms with Gasteiger partial charge in [0.1, 0.15) is 17.6 Å². The quantitative estimate of drug-likeness (QED) is 0.338. The van der Waals surface area contributed by atoms with Crippen LogP contribution in [0.2, 0.25) is 5.02 Å². The zero-order valence-electron chi connectivity index (χ0n) is 17.9. The summed E-state index contributed by atoms with van der Waals surface area (Å²) in [7, 11) is 0. The molecule has 1 unspecified atom stereocenters. The molecular weight excluding hydrogens is 440 g/mol. The van der Waals surface area contributed by atoms with Gasteiger partial charge < -0.3 is 9.84 Å². The number of Topliss-reactive ketones (excluding diaryl/α,β-unsaturated/α-hetero) is 1. The SMILES string of the molecule is Cc1c(Cl)cccc1N1C(=O)C(=O)/C(=C(\O)c2ccc3c(c2)CCCO3)C1c1ccccn1. The van der Waals surface area contributed by atoms with Crippen LogP contribution in [0.25, 0.3) is 5.76 Å². The summed E-state index contributed by atoms with van der Waals surface area (Å²) < 4.78 is 5.66. The predicted molar refractivity (Wildman–Crippen MR) is 125 cm³/mol. The number of hydrogen-bond donors (Lipinski definition) is 1. The average molecular weight is 461 g/mol. The van der Waals surface area contributed by atoms with E-state index in [1.165, 1.54) is 4.90 Å². The number of ether oxygens (including phenoxy) is 1. The Labute approximate surface area is 196 Å². The van der Waals surface area contributed by atoms with Crippen LogP contribution < -0.4 is 9.64 Å². The predicted octanol–water partition coefficient (Wildman–Crippen LogP) is 4.99. The van der Waals surface area contributed by atoms with E-state index in [1.807, 2.05) is 6.07 Å². The first-order valence-corrected chi connectivity index (χ1v) is 11.1. The third kappa shape index (κ3) is 3.56. The molecule has 2 aromatic carbocycles. The monoisotopic (exact) mass is 460 g/mol. The molecule has 0 spiro atoms. The van der Waals surface area contributed by atoms with Gasteiger partial charge in [-0.3, -0.25) is 19.5 Å². The standard InChI is InChI=1S/C26H21ClN2O4/c1-15-18(27)7-4-9-20(15)29-23(19-8-2-3-12-28-19)22(25(31)26(29)32)24(30)17-10-11-21-16(14-17)6-5-13-33-21/h2-4,7-12,14,23,30H,5-6,13H2,1H3/b24-22-. The number of aliphatic hydroxyl groups is 1. The van der Waals surface area contributed by atoms with Crippen molar-refractivity contribution in [1.82, 2.24) is 4.98 Å². The molecule has 1 N–H and O–H groups in total. The van der Waals surface area contributed by atoms with Crippen molar-refractivity contribution >= 4 is 34.7 Å². The number of rotatable bonds is 3. The summed E-state index contributed by atoms with van der Waals surface area (Å²) in [6, 6.07) is 14.9. The number of anilines is 1. The fraction of sp³-hybridized carbons (Fsp3) is 0.192. The molecule has 3 aromatic rings. The molecule has 1 atom stereocenters. The topological polar surface area (TPSA) is 79.7 Å². The van der Waals surface area contributed by atoms with Crippen molar-refractivity contribution in [2.45, 2.75) is 25.8 Å². The van der Waals surface area contributed by atoms with Gasteiger partial charge >= 0.3 is 0 Å². The van der Waals surface area contributed by atoms with E-state index in [0.717, 1.165) is 24.2 Å². The molecule has 0 aliphatic carbocycles. The van der Waals surface area contributed by atoms with Gasteiger partial charge in [0, 0.05) is 22.5 Å². The summed E-state index contributed by atoms with van der Waals surface area (Å²) >= 11 is 6.32. The number of aryl methyl sites for hydroxylation is 1. The molecule has 1 aromatic heterocycles. The van der Waals surface area contributed by atoms with Crippen molar-refractivity contribution in [3.05, 3.63) is 93.8 Å². The normalized spacial score (nSPS) is 19.3. The lowest BCUT2D eigenvalue weighted by Crippen LogP contribution is -2.30. The van der Waals surface area contributed by atoms with E-state index < -0.39 is 17.7 Å². The van der Waals surface area contributed by atoms with Gasteiger partial charge in [0.2, 0.25) is 0 Å². The zero-order valence-corrected chi connectivity index (χ0v) is 18.7. The molecule has 0 bridgehead atoms. The van der Waals surface area contributed by atoms with E-state index in [1.54, 1.807) is 61.7 Å². The number of halogens is 1. The maximum Gasteiger partial charge on any atom is 0.300 e. The van der Waals surface area contributed by atoms with Gasteiger partial charge in [-0.05, 0) is 73.4 Å². The van der Waals surface area contributed by atoms with Crippen molar-refractivity contribution < 1.29 is 19.4 Å². The zero-order chi connectivity index (χ0) is 23.1. The first-order valence-electron chi connectivity index (χ1n) is 10.7. The maximum absolute atomic E-state index is 13.3. The van der Waals surface area contributed by atoms with Crippen molar-refractivity contribution in [2.24, 2.45) is 0 Å². The number of carbonyl (C=O) groups is 2. The van der Waals surface area contributed by atoms with Crippen molar-refractivity contribution in [3.63, 3.8) is 0 Å². The van der Waals surface area contributed by atoms with Gasteiger partial charge in [0.25, 0.3) is 11.7 Å². The van der Waals surface area contributed by atoms with Crippen molar-refractivity contribution in [2.75, 3.05) is 11.5 Å². The Hall–Kier alpha value is -3.64. The number of pyridine rings is 1. The highest BCUT2D eigenvalue weighted by Crippen LogP contribution is 2.43. The summed E-state index contributed by atoms with van der Waals surface area (Å²) in [4.78, 5) is 32.3. The van der Waals surface area contributed by atoms with Gasteiger partial charge in [-0.15, -0.1) is 0 Å². The summed E-state index contributed by atoms with van der Waals surface area (Å²) in [6.07, 6.45) is 3.29. The molecule has 0 radical (unpaired) electrons. The van der Waals surface area contributed by atoms with Crippen LogP contribution in [0.5, 0.6) is 5.75 Å². The average Bonchev–Trinajstić information content (AvgIpc) is 3.11. The van der Waals surface area contributed by atoms with Gasteiger partial charge in [-0.1, -0.05) is 23.7 Å². The maximum atomic E-state index is 13.3. The summed E-state index contributed by atoms with van der Waals surface area (Å²) in [5, 5.41) is 11.8. The van der Waals surface area contributed by atoms with Gasteiger partial charge in [0.05, 0.1) is 17.9 Å². The Morgan fingerprint density at radius 3 is 2.79 bits per heavy atom. The minimum atomic E-state index is -0.893. The third-order valence-corrected chi connectivity index (χ3v) is 6.50. The number of nitrogens with zero attached hydrogens (tertiary/aromatic N) is 2. The Kier molecular flexibility index (Phi) is 5.38. The molecule has 6 nitrogen and oxygen atoms in total. The number of aromatic nitrogens is 1. The number of amides is 1. The first kappa shape index (κ1) is 21.2. The first-order chi connectivity index (χ1) is 16.0. The Balaban J connectivity index is 1.71. The molecule has 166 valence electrons. The number of carbonyl (C=O) groups excluding carboxylic acids is 2. The van der Waals surface area contributed by atoms with E-state index in [-0.39, 0.29) is 11.3 Å². The van der Waals surface area contributed by atoms with Crippen LogP contribution in [0.1, 0.15) is 34.8 Å². The largest absolute Gasteiger partial charge is 0.507 e. The minimum Gasteiger partial charge on any atom is -0.507 e. The van der Waals surface area contributed by atoms with E-state index in [2.05, 4.69) is 4.98 Å². The third-order valence-electron chi connectivity index (χ3n) is 6.09. The number of fused-ring (bicyclic) bond motifs is 1. The minimum absolute atomic E-state index is 0.00486. The number of ketones is 1. The summed E-state index contributed by atoms with van der Waals surface area (Å²) in [5.41, 5.74) is 3.04. The molecule has 2 aliphatic heterocycles. The van der Waals surface area contributed by atoms with Crippen LogP contribution in [-0.4, -0.2) is 28.4 Å². The van der Waals surface area contributed by atoms with Crippen molar-refractivity contribution in [1.29, 1.82) is 0 Å². The molecule has 1 amide bonds. The summed E-state index contributed by atoms with van der Waals surface area (Å²) in [6.45, 7) is 2.44. The van der Waals surface area contributed by atoms with E-state index in [0.29, 0.717) is 34.1 Å².